The molecule has 0 spiro atoms. The molecule has 0 bridgehead atoms. The van der Waals surface area contributed by atoms with Gasteiger partial charge in [0.25, 0.3) is 0 Å². The van der Waals surface area contributed by atoms with E-state index in [1.807, 2.05) is 30.3 Å². The molecule has 0 fully saturated rings. The van der Waals surface area contributed by atoms with E-state index >= 15 is 0 Å². The zero-order valence-electron chi connectivity index (χ0n) is 17.3. The van der Waals surface area contributed by atoms with Crippen LogP contribution in [0.15, 0.2) is 120 Å². The van der Waals surface area contributed by atoms with E-state index in [-0.39, 0.29) is 5.71 Å². The molecule has 0 radical (unpaired) electrons. The summed E-state index contributed by atoms with van der Waals surface area (Å²) in [5.74, 6) is 0. The lowest BCUT2D eigenvalue weighted by atomic mass is 9.65. The summed E-state index contributed by atoms with van der Waals surface area (Å²) >= 11 is 0. The summed E-state index contributed by atoms with van der Waals surface area (Å²) in [7, 11) is 0. The molecule has 1 N–H and O–H groups in total. The second-order valence-electron chi connectivity index (χ2n) is 7.22. The van der Waals surface area contributed by atoms with Gasteiger partial charge in [0.15, 0.2) is 0 Å². The van der Waals surface area contributed by atoms with Crippen LogP contribution in [-0.4, -0.2) is 5.71 Å². The second kappa shape index (κ2) is 9.43. The van der Waals surface area contributed by atoms with Gasteiger partial charge in [-0.05, 0) is 34.4 Å². The van der Waals surface area contributed by atoms with Crippen molar-refractivity contribution >= 4 is 11.4 Å². The summed E-state index contributed by atoms with van der Waals surface area (Å²) < 4.78 is 0. The van der Waals surface area contributed by atoms with Gasteiger partial charge in [0.1, 0.15) is 12.1 Å². The van der Waals surface area contributed by atoms with E-state index in [0.29, 0.717) is 5.69 Å². The molecule has 4 aromatic carbocycles. The van der Waals surface area contributed by atoms with Gasteiger partial charge in [0, 0.05) is 0 Å². The average molecular weight is 412 g/mol. The van der Waals surface area contributed by atoms with Gasteiger partial charge in [-0.15, -0.1) is 0 Å². The number of anilines is 1. The fraction of sp³-hybridized carbons (Fsp3) is 0.0357. The molecule has 4 aromatic rings. The van der Waals surface area contributed by atoms with Crippen molar-refractivity contribution in [3.05, 3.63) is 138 Å². The van der Waals surface area contributed by atoms with Gasteiger partial charge in [-0.1, -0.05) is 103 Å². The van der Waals surface area contributed by atoms with Crippen molar-refractivity contribution in [2.45, 2.75) is 5.41 Å². The lowest BCUT2D eigenvalue weighted by molar-refractivity contribution is 0.745. The van der Waals surface area contributed by atoms with Crippen LogP contribution in [0.25, 0.3) is 0 Å². The summed E-state index contributed by atoms with van der Waals surface area (Å²) in [5, 5.41) is 21.6. The molecule has 0 saturated heterocycles. The third-order valence-electron chi connectivity index (χ3n) is 5.45. The first-order chi connectivity index (χ1) is 15.8. The van der Waals surface area contributed by atoms with E-state index in [9.17, 15) is 0 Å². The van der Waals surface area contributed by atoms with Crippen LogP contribution in [-0.2, 0) is 5.41 Å². The van der Waals surface area contributed by atoms with E-state index in [1.54, 1.807) is 12.1 Å². The molecule has 4 nitrogen and oxygen atoms in total. The number of hydrogen-bond acceptors (Lipinski definition) is 4. The molecule has 0 heterocycles. The lowest BCUT2D eigenvalue weighted by Crippen LogP contribution is -2.30. The molecule has 0 amide bonds. The van der Waals surface area contributed by atoms with Gasteiger partial charge in [-0.25, -0.2) is 0 Å². The molecule has 4 heteroatoms. The van der Waals surface area contributed by atoms with Crippen molar-refractivity contribution in [2.24, 2.45) is 5.10 Å². The predicted octanol–water partition coefficient (Wildman–Crippen LogP) is 5.88. The quantitative estimate of drug-likeness (QED) is 0.244. The van der Waals surface area contributed by atoms with Crippen molar-refractivity contribution in [1.82, 2.24) is 0 Å². The number of benzene rings is 4. The summed E-state index contributed by atoms with van der Waals surface area (Å²) in [6, 6.07) is 42.8. The minimum atomic E-state index is -0.518. The van der Waals surface area contributed by atoms with Crippen LogP contribution in [0.1, 0.15) is 22.3 Å². The maximum Gasteiger partial charge on any atom is 0.237 e. The first kappa shape index (κ1) is 20.6. The maximum atomic E-state index is 8.89. The van der Waals surface area contributed by atoms with Gasteiger partial charge in [-0.3, -0.25) is 5.43 Å². The number of rotatable bonds is 6. The van der Waals surface area contributed by atoms with Crippen molar-refractivity contribution in [3.8, 4) is 12.1 Å². The topological polar surface area (TPSA) is 72.0 Å². The molecule has 0 aromatic heterocycles. The van der Waals surface area contributed by atoms with Gasteiger partial charge in [-0.2, -0.15) is 15.6 Å². The summed E-state index contributed by atoms with van der Waals surface area (Å²) in [6.07, 6.45) is 0. The highest BCUT2D eigenvalue weighted by molar-refractivity contribution is 6.10. The van der Waals surface area contributed by atoms with Crippen LogP contribution in [0.5, 0.6) is 0 Å². The number of hydrogen-bond donors (Lipinski definition) is 1. The molecule has 0 saturated carbocycles. The van der Waals surface area contributed by atoms with Crippen LogP contribution in [0.4, 0.5) is 5.69 Å². The van der Waals surface area contributed by atoms with Crippen LogP contribution in [0.3, 0.4) is 0 Å². The minimum Gasteiger partial charge on any atom is -0.277 e. The van der Waals surface area contributed by atoms with Crippen LogP contribution in [0.2, 0.25) is 0 Å². The smallest absolute Gasteiger partial charge is 0.237 e. The Balaban J connectivity index is 1.92. The van der Waals surface area contributed by atoms with Crippen LogP contribution >= 0.6 is 0 Å². The summed E-state index contributed by atoms with van der Waals surface area (Å²) in [5.41, 5.74) is 7.32. The van der Waals surface area contributed by atoms with E-state index in [0.717, 1.165) is 22.3 Å². The molecular weight excluding hydrogens is 392 g/mol. The molecular formula is C28H20N4. The van der Waals surface area contributed by atoms with Crippen LogP contribution < -0.4 is 5.43 Å². The third kappa shape index (κ3) is 3.86. The second-order valence-corrected chi connectivity index (χ2v) is 7.22. The zero-order valence-corrected chi connectivity index (χ0v) is 17.3. The number of nitriles is 2. The standard InChI is InChI=1S/C28H20N4/c29-20-27(21-30)32-31-26-18-16-25(17-19-26)28(22-10-4-1-5-11-22,23-12-6-2-7-13-23)24-14-8-3-9-15-24/h1-19,31H. The Bertz CT molecular complexity index is 1170. The van der Waals surface area contributed by atoms with Crippen molar-refractivity contribution in [1.29, 1.82) is 10.5 Å². The monoisotopic (exact) mass is 412 g/mol. The zero-order chi connectivity index (χ0) is 22.2. The Labute approximate surface area is 187 Å². The van der Waals surface area contributed by atoms with Gasteiger partial charge in [0.05, 0.1) is 11.1 Å². The Kier molecular flexibility index (Phi) is 6.07. The molecule has 0 unspecified atom stereocenters. The largest absolute Gasteiger partial charge is 0.277 e. The fourth-order valence-corrected chi connectivity index (χ4v) is 4.05. The van der Waals surface area contributed by atoms with Crippen molar-refractivity contribution < 1.29 is 0 Å². The molecule has 32 heavy (non-hydrogen) atoms. The molecule has 0 aliphatic heterocycles. The normalized spacial score (nSPS) is 10.4. The van der Waals surface area contributed by atoms with E-state index < -0.39 is 5.41 Å². The summed E-state index contributed by atoms with van der Waals surface area (Å²) in [4.78, 5) is 0. The number of hydrazone groups is 1. The first-order valence-electron chi connectivity index (χ1n) is 10.2. The fourth-order valence-electron chi connectivity index (χ4n) is 4.05. The van der Waals surface area contributed by atoms with E-state index in [2.05, 4.69) is 95.5 Å². The summed E-state index contributed by atoms with van der Waals surface area (Å²) in [6.45, 7) is 0. The van der Waals surface area contributed by atoms with E-state index in [4.69, 9.17) is 10.5 Å². The highest BCUT2D eigenvalue weighted by Crippen LogP contribution is 2.45. The number of nitrogens with zero attached hydrogens (tertiary/aromatic N) is 3. The first-order valence-corrected chi connectivity index (χ1v) is 10.2. The molecule has 4 rings (SSSR count). The van der Waals surface area contributed by atoms with Gasteiger partial charge >= 0.3 is 0 Å². The Hall–Kier alpha value is -4.67. The maximum absolute atomic E-state index is 8.89. The average Bonchev–Trinajstić information content (AvgIpc) is 2.88. The highest BCUT2D eigenvalue weighted by atomic mass is 15.3. The Morgan fingerprint density at radius 1 is 0.562 bits per heavy atom. The van der Waals surface area contributed by atoms with Crippen LogP contribution in [0, 0.1) is 22.7 Å². The molecule has 152 valence electrons. The van der Waals surface area contributed by atoms with Gasteiger partial charge < -0.3 is 0 Å². The number of nitrogens with one attached hydrogen (secondary N) is 1. The highest BCUT2D eigenvalue weighted by Gasteiger charge is 2.37. The minimum absolute atomic E-state index is 0.221. The van der Waals surface area contributed by atoms with Gasteiger partial charge in [0.2, 0.25) is 5.71 Å². The Morgan fingerprint density at radius 2 is 0.938 bits per heavy atom. The van der Waals surface area contributed by atoms with E-state index in [1.165, 1.54) is 0 Å². The SMILES string of the molecule is N#CC(C#N)=NNc1ccc(C(c2ccccc2)(c2ccccc2)c2ccccc2)cc1. The third-order valence-corrected chi connectivity index (χ3v) is 5.45. The lowest BCUT2D eigenvalue weighted by Gasteiger charge is -2.36. The predicted molar refractivity (Wildman–Crippen MR) is 127 cm³/mol. The van der Waals surface area contributed by atoms with Crippen molar-refractivity contribution in [2.75, 3.05) is 5.43 Å². The molecule has 0 aliphatic carbocycles. The molecule has 0 aliphatic rings. The molecule has 0 atom stereocenters. The van der Waals surface area contributed by atoms with Crippen molar-refractivity contribution in [3.63, 3.8) is 0 Å². The Morgan fingerprint density at radius 3 is 1.31 bits per heavy atom.